The molecular formula is C12H13ClN2O. The number of aliphatic hydroxyl groups is 1. The number of aromatic nitrogens is 1. The molecule has 0 bridgehead atoms. The summed E-state index contributed by atoms with van der Waals surface area (Å²) in [5.74, 6) is 0. The molecule has 2 aromatic rings. The molecule has 1 aromatic carbocycles. The van der Waals surface area contributed by atoms with Crippen molar-refractivity contribution in [3.8, 4) is 0 Å². The lowest BCUT2D eigenvalue weighted by Gasteiger charge is -2.13. The Hall–Kier alpha value is -1.32. The molecule has 16 heavy (non-hydrogen) atoms. The Morgan fingerprint density at radius 2 is 2.06 bits per heavy atom. The second kappa shape index (κ2) is 4.28. The molecule has 0 unspecified atom stereocenters. The highest BCUT2D eigenvalue weighted by Crippen LogP contribution is 2.26. The van der Waals surface area contributed by atoms with Gasteiger partial charge in [0.05, 0.1) is 22.8 Å². The van der Waals surface area contributed by atoms with E-state index >= 15 is 0 Å². The first-order valence-corrected chi connectivity index (χ1v) is 5.37. The minimum absolute atomic E-state index is 0.0954. The molecule has 0 spiro atoms. The predicted molar refractivity (Wildman–Crippen MR) is 67.0 cm³/mol. The summed E-state index contributed by atoms with van der Waals surface area (Å²) >= 11 is 6.11. The number of hydrogen-bond donors (Lipinski definition) is 1. The average molecular weight is 237 g/mol. The number of benzene rings is 1. The fourth-order valence-electron chi connectivity index (χ4n) is 1.58. The summed E-state index contributed by atoms with van der Waals surface area (Å²) in [6.45, 7) is -0.0954. The number of pyridine rings is 1. The highest BCUT2D eigenvalue weighted by Gasteiger charge is 2.05. The number of hydrogen-bond acceptors (Lipinski definition) is 3. The minimum Gasteiger partial charge on any atom is -0.390 e. The maximum absolute atomic E-state index is 9.07. The monoisotopic (exact) mass is 236 g/mol. The van der Waals surface area contributed by atoms with Gasteiger partial charge in [-0.3, -0.25) is 4.98 Å². The molecule has 4 heteroatoms. The summed E-state index contributed by atoms with van der Waals surface area (Å²) in [5.41, 5.74) is 2.46. The molecule has 0 aliphatic carbocycles. The van der Waals surface area contributed by atoms with Crippen molar-refractivity contribution in [1.29, 1.82) is 0 Å². The van der Waals surface area contributed by atoms with Crippen molar-refractivity contribution < 1.29 is 5.11 Å². The van der Waals surface area contributed by atoms with Crippen LogP contribution < -0.4 is 4.90 Å². The molecule has 0 saturated carbocycles. The molecule has 0 aliphatic heterocycles. The Morgan fingerprint density at radius 3 is 2.69 bits per heavy atom. The zero-order valence-corrected chi connectivity index (χ0v) is 9.99. The highest BCUT2D eigenvalue weighted by atomic mass is 35.5. The average Bonchev–Trinajstić information content (AvgIpc) is 2.28. The number of aliphatic hydroxyl groups excluding tert-OH is 1. The maximum atomic E-state index is 9.07. The van der Waals surface area contributed by atoms with E-state index in [4.69, 9.17) is 16.7 Å². The van der Waals surface area contributed by atoms with Gasteiger partial charge in [0.15, 0.2) is 0 Å². The standard InChI is InChI=1S/C12H13ClN2O/c1-15(2)9-3-4-10-11(13)5-8(7-16)14-12(10)6-9/h3-6,16H,7H2,1-2H3. The molecule has 1 N–H and O–H groups in total. The van der Waals surface area contributed by atoms with Crippen molar-refractivity contribution in [2.24, 2.45) is 0 Å². The van der Waals surface area contributed by atoms with Crippen molar-refractivity contribution >= 4 is 28.2 Å². The Bertz CT molecular complexity index is 526. The van der Waals surface area contributed by atoms with E-state index in [0.717, 1.165) is 16.6 Å². The first-order valence-electron chi connectivity index (χ1n) is 4.99. The van der Waals surface area contributed by atoms with Crippen LogP contribution in [0.25, 0.3) is 10.9 Å². The summed E-state index contributed by atoms with van der Waals surface area (Å²) in [7, 11) is 3.94. The van der Waals surface area contributed by atoms with Gasteiger partial charge in [-0.2, -0.15) is 0 Å². The molecule has 0 amide bonds. The van der Waals surface area contributed by atoms with E-state index in [-0.39, 0.29) is 6.61 Å². The van der Waals surface area contributed by atoms with E-state index < -0.39 is 0 Å². The van der Waals surface area contributed by atoms with E-state index in [1.54, 1.807) is 6.07 Å². The SMILES string of the molecule is CN(C)c1ccc2c(Cl)cc(CO)nc2c1. The van der Waals surface area contributed by atoms with Crippen LogP contribution in [0.5, 0.6) is 0 Å². The lowest BCUT2D eigenvalue weighted by atomic mass is 10.1. The summed E-state index contributed by atoms with van der Waals surface area (Å²) in [6.07, 6.45) is 0. The Morgan fingerprint density at radius 1 is 1.31 bits per heavy atom. The van der Waals surface area contributed by atoms with Gasteiger partial charge in [0, 0.05) is 25.2 Å². The van der Waals surface area contributed by atoms with Crippen LogP contribution in [0.15, 0.2) is 24.3 Å². The Kier molecular flexibility index (Phi) is 2.99. The zero-order chi connectivity index (χ0) is 11.7. The van der Waals surface area contributed by atoms with Crippen LogP contribution in [-0.2, 0) is 6.61 Å². The van der Waals surface area contributed by atoms with Crippen LogP contribution in [0.4, 0.5) is 5.69 Å². The van der Waals surface area contributed by atoms with Gasteiger partial charge >= 0.3 is 0 Å². The molecule has 0 fully saturated rings. The maximum Gasteiger partial charge on any atom is 0.0853 e. The van der Waals surface area contributed by atoms with Crippen LogP contribution in [0, 0.1) is 0 Å². The summed E-state index contributed by atoms with van der Waals surface area (Å²) in [6, 6.07) is 7.59. The summed E-state index contributed by atoms with van der Waals surface area (Å²) < 4.78 is 0. The highest BCUT2D eigenvalue weighted by molar-refractivity contribution is 6.35. The van der Waals surface area contributed by atoms with Crippen LogP contribution in [0.3, 0.4) is 0 Å². The molecule has 0 aliphatic rings. The van der Waals surface area contributed by atoms with Crippen molar-refractivity contribution in [1.82, 2.24) is 4.98 Å². The first-order chi connectivity index (χ1) is 7.61. The molecule has 84 valence electrons. The van der Waals surface area contributed by atoms with E-state index in [9.17, 15) is 0 Å². The summed E-state index contributed by atoms with van der Waals surface area (Å²) in [5, 5.41) is 10.6. The van der Waals surface area contributed by atoms with Gasteiger partial charge in [0.25, 0.3) is 0 Å². The molecule has 0 atom stereocenters. The van der Waals surface area contributed by atoms with E-state index in [2.05, 4.69) is 4.98 Å². The van der Waals surface area contributed by atoms with Crippen molar-refractivity contribution in [3.63, 3.8) is 0 Å². The molecule has 0 saturated heterocycles. The van der Waals surface area contributed by atoms with Crippen LogP contribution >= 0.6 is 11.6 Å². The quantitative estimate of drug-likeness (QED) is 0.870. The largest absolute Gasteiger partial charge is 0.390 e. The van der Waals surface area contributed by atoms with Crippen molar-refractivity contribution in [3.05, 3.63) is 35.0 Å². The predicted octanol–water partition coefficient (Wildman–Crippen LogP) is 2.45. The van der Waals surface area contributed by atoms with Gasteiger partial charge in [0.2, 0.25) is 0 Å². The second-order valence-corrected chi connectivity index (χ2v) is 4.26. The number of nitrogens with zero attached hydrogens (tertiary/aromatic N) is 2. The Balaban J connectivity index is 2.66. The van der Waals surface area contributed by atoms with Crippen LogP contribution in [0.2, 0.25) is 5.02 Å². The smallest absolute Gasteiger partial charge is 0.0853 e. The molecular weight excluding hydrogens is 224 g/mol. The second-order valence-electron chi connectivity index (χ2n) is 3.85. The van der Waals surface area contributed by atoms with Gasteiger partial charge in [-0.1, -0.05) is 11.6 Å². The van der Waals surface area contributed by atoms with Crippen molar-refractivity contribution in [2.75, 3.05) is 19.0 Å². The van der Waals surface area contributed by atoms with Gasteiger partial charge in [-0.15, -0.1) is 0 Å². The number of rotatable bonds is 2. The number of halogens is 1. The Labute approximate surface area is 99.3 Å². The third-order valence-corrected chi connectivity index (χ3v) is 2.79. The van der Waals surface area contributed by atoms with E-state index in [1.165, 1.54) is 0 Å². The van der Waals surface area contributed by atoms with Crippen molar-refractivity contribution in [2.45, 2.75) is 6.61 Å². The first kappa shape index (κ1) is 11.2. The van der Waals surface area contributed by atoms with Gasteiger partial charge in [-0.25, -0.2) is 0 Å². The van der Waals surface area contributed by atoms with Crippen LogP contribution in [-0.4, -0.2) is 24.2 Å². The number of fused-ring (bicyclic) bond motifs is 1. The fraction of sp³-hybridized carbons (Fsp3) is 0.250. The van der Waals surface area contributed by atoms with E-state index in [0.29, 0.717) is 10.7 Å². The van der Waals surface area contributed by atoms with Gasteiger partial charge < -0.3 is 10.0 Å². The topological polar surface area (TPSA) is 36.4 Å². The van der Waals surface area contributed by atoms with Gasteiger partial charge in [0.1, 0.15) is 0 Å². The molecule has 0 radical (unpaired) electrons. The van der Waals surface area contributed by atoms with Crippen LogP contribution in [0.1, 0.15) is 5.69 Å². The lowest BCUT2D eigenvalue weighted by Crippen LogP contribution is -2.08. The minimum atomic E-state index is -0.0954. The third kappa shape index (κ3) is 1.96. The lowest BCUT2D eigenvalue weighted by molar-refractivity contribution is 0.277. The third-order valence-electron chi connectivity index (χ3n) is 2.47. The van der Waals surface area contributed by atoms with Gasteiger partial charge in [-0.05, 0) is 24.3 Å². The zero-order valence-electron chi connectivity index (χ0n) is 9.24. The van der Waals surface area contributed by atoms with E-state index in [1.807, 2.05) is 37.2 Å². The fourth-order valence-corrected chi connectivity index (χ4v) is 1.87. The molecule has 1 aromatic heterocycles. The summed E-state index contributed by atoms with van der Waals surface area (Å²) in [4.78, 5) is 6.34. The number of anilines is 1. The molecule has 3 nitrogen and oxygen atoms in total. The molecule has 2 rings (SSSR count). The normalized spacial score (nSPS) is 10.8. The molecule has 1 heterocycles.